The summed E-state index contributed by atoms with van der Waals surface area (Å²) in [5.74, 6) is 0.369. The molecule has 0 saturated carbocycles. The monoisotopic (exact) mass is 210 g/mol. The third kappa shape index (κ3) is 4.65. The Hall–Kier alpha value is -0.560. The van der Waals surface area contributed by atoms with Crippen LogP contribution in [-0.4, -0.2) is 10.7 Å². The molecule has 0 amide bonds. The van der Waals surface area contributed by atoms with Crippen LogP contribution in [0.5, 0.6) is 0 Å². The minimum atomic E-state index is -0.618. The lowest BCUT2D eigenvalue weighted by molar-refractivity contribution is -0.0193. The SMILES string of the molecule is C=CCC(O)(CC=C)[C@@H](CC)CCCC. The highest BCUT2D eigenvalue weighted by Gasteiger charge is 2.32. The van der Waals surface area contributed by atoms with Crippen molar-refractivity contribution < 1.29 is 5.11 Å². The highest BCUT2D eigenvalue weighted by molar-refractivity contribution is 4.96. The van der Waals surface area contributed by atoms with E-state index in [4.69, 9.17) is 0 Å². The first-order valence-electron chi connectivity index (χ1n) is 6.08. The zero-order valence-electron chi connectivity index (χ0n) is 10.3. The Bertz CT molecular complexity index is 174. The third-order valence-corrected chi connectivity index (χ3v) is 3.15. The van der Waals surface area contributed by atoms with E-state index in [-0.39, 0.29) is 0 Å². The Labute approximate surface area is 94.9 Å². The first-order valence-corrected chi connectivity index (χ1v) is 6.08. The lowest BCUT2D eigenvalue weighted by atomic mass is 9.77. The van der Waals surface area contributed by atoms with Crippen molar-refractivity contribution in [1.82, 2.24) is 0 Å². The van der Waals surface area contributed by atoms with Gasteiger partial charge in [-0.1, -0.05) is 45.3 Å². The average molecular weight is 210 g/mol. The van der Waals surface area contributed by atoms with Crippen LogP contribution in [0, 0.1) is 5.92 Å². The molecule has 0 saturated heterocycles. The quantitative estimate of drug-likeness (QED) is 0.568. The molecule has 0 aromatic rings. The first kappa shape index (κ1) is 14.4. The largest absolute Gasteiger partial charge is 0.389 e. The molecule has 0 radical (unpaired) electrons. The zero-order valence-corrected chi connectivity index (χ0v) is 10.3. The summed E-state index contributed by atoms with van der Waals surface area (Å²) >= 11 is 0. The highest BCUT2D eigenvalue weighted by atomic mass is 16.3. The normalized spacial score (nSPS) is 13.5. The fourth-order valence-electron chi connectivity index (χ4n) is 2.22. The highest BCUT2D eigenvalue weighted by Crippen LogP contribution is 2.32. The van der Waals surface area contributed by atoms with Crippen LogP contribution in [0.15, 0.2) is 25.3 Å². The molecule has 0 unspecified atom stereocenters. The minimum Gasteiger partial charge on any atom is -0.389 e. The van der Waals surface area contributed by atoms with Crippen LogP contribution in [0.3, 0.4) is 0 Å². The molecule has 1 nitrogen and oxygen atoms in total. The zero-order chi connectivity index (χ0) is 11.7. The average Bonchev–Trinajstić information content (AvgIpc) is 2.19. The topological polar surface area (TPSA) is 20.2 Å². The summed E-state index contributed by atoms with van der Waals surface area (Å²) in [6.07, 6.45) is 9.48. The summed E-state index contributed by atoms with van der Waals surface area (Å²) in [7, 11) is 0. The van der Waals surface area contributed by atoms with Crippen molar-refractivity contribution in [2.45, 2.75) is 58.0 Å². The van der Waals surface area contributed by atoms with Crippen LogP contribution in [0.2, 0.25) is 0 Å². The predicted molar refractivity (Wildman–Crippen MR) is 67.9 cm³/mol. The number of aliphatic hydroxyl groups is 1. The van der Waals surface area contributed by atoms with Crippen molar-refractivity contribution in [3.05, 3.63) is 25.3 Å². The van der Waals surface area contributed by atoms with Gasteiger partial charge in [-0.25, -0.2) is 0 Å². The Kier molecular flexibility index (Phi) is 7.41. The van der Waals surface area contributed by atoms with E-state index in [1.54, 1.807) is 0 Å². The van der Waals surface area contributed by atoms with Gasteiger partial charge in [-0.2, -0.15) is 0 Å². The van der Waals surface area contributed by atoms with Gasteiger partial charge in [0.05, 0.1) is 5.60 Å². The van der Waals surface area contributed by atoms with Gasteiger partial charge in [0, 0.05) is 0 Å². The molecule has 15 heavy (non-hydrogen) atoms. The fraction of sp³-hybridized carbons (Fsp3) is 0.714. The number of hydrogen-bond donors (Lipinski definition) is 1. The van der Waals surface area contributed by atoms with Gasteiger partial charge in [0.1, 0.15) is 0 Å². The summed E-state index contributed by atoms with van der Waals surface area (Å²) in [6.45, 7) is 11.8. The third-order valence-electron chi connectivity index (χ3n) is 3.15. The van der Waals surface area contributed by atoms with Gasteiger partial charge in [0.15, 0.2) is 0 Å². The predicted octanol–water partition coefficient (Wildman–Crippen LogP) is 4.09. The molecular weight excluding hydrogens is 184 g/mol. The summed E-state index contributed by atoms with van der Waals surface area (Å²) in [6, 6.07) is 0. The van der Waals surface area contributed by atoms with Crippen molar-refractivity contribution >= 4 is 0 Å². The Morgan fingerprint density at radius 3 is 2.07 bits per heavy atom. The summed E-state index contributed by atoms with van der Waals surface area (Å²) in [4.78, 5) is 0. The van der Waals surface area contributed by atoms with E-state index in [2.05, 4.69) is 27.0 Å². The molecular formula is C14H26O. The van der Waals surface area contributed by atoms with Gasteiger partial charge in [-0.3, -0.25) is 0 Å². The van der Waals surface area contributed by atoms with Gasteiger partial charge in [0.2, 0.25) is 0 Å². The maximum Gasteiger partial charge on any atom is 0.0743 e. The fourth-order valence-corrected chi connectivity index (χ4v) is 2.22. The summed E-state index contributed by atoms with van der Waals surface area (Å²) < 4.78 is 0. The van der Waals surface area contributed by atoms with Crippen LogP contribution in [0.1, 0.15) is 52.4 Å². The smallest absolute Gasteiger partial charge is 0.0743 e. The molecule has 0 spiro atoms. The van der Waals surface area contributed by atoms with Gasteiger partial charge >= 0.3 is 0 Å². The molecule has 0 aromatic carbocycles. The van der Waals surface area contributed by atoms with Gasteiger partial charge in [-0.05, 0) is 25.2 Å². The van der Waals surface area contributed by atoms with Crippen LogP contribution in [-0.2, 0) is 0 Å². The van der Waals surface area contributed by atoms with E-state index in [0.717, 1.165) is 12.8 Å². The van der Waals surface area contributed by atoms with Crippen molar-refractivity contribution in [3.63, 3.8) is 0 Å². The molecule has 0 bridgehead atoms. The lowest BCUT2D eigenvalue weighted by Crippen LogP contribution is -2.36. The molecule has 1 atom stereocenters. The molecule has 88 valence electrons. The van der Waals surface area contributed by atoms with Gasteiger partial charge in [0.25, 0.3) is 0 Å². The van der Waals surface area contributed by atoms with E-state index in [1.165, 1.54) is 12.8 Å². The van der Waals surface area contributed by atoms with E-state index in [0.29, 0.717) is 18.8 Å². The second-order valence-electron chi connectivity index (χ2n) is 4.34. The van der Waals surface area contributed by atoms with Crippen LogP contribution < -0.4 is 0 Å². The van der Waals surface area contributed by atoms with Gasteiger partial charge in [-0.15, -0.1) is 13.2 Å². The van der Waals surface area contributed by atoms with E-state index >= 15 is 0 Å². The van der Waals surface area contributed by atoms with Crippen LogP contribution in [0.25, 0.3) is 0 Å². The standard InChI is InChI=1S/C14H26O/c1-5-9-10-13(8-4)14(15,11-6-2)12-7-3/h6-7,13,15H,2-3,5,8-12H2,1,4H3/t13-/m0/s1. The van der Waals surface area contributed by atoms with Crippen LogP contribution in [0.4, 0.5) is 0 Å². The van der Waals surface area contributed by atoms with E-state index in [9.17, 15) is 5.11 Å². The first-order chi connectivity index (χ1) is 7.14. The molecule has 0 fully saturated rings. The molecule has 1 heteroatoms. The van der Waals surface area contributed by atoms with Crippen molar-refractivity contribution in [3.8, 4) is 0 Å². The second kappa shape index (κ2) is 7.70. The van der Waals surface area contributed by atoms with Gasteiger partial charge < -0.3 is 5.11 Å². The minimum absolute atomic E-state index is 0.369. The second-order valence-corrected chi connectivity index (χ2v) is 4.34. The Morgan fingerprint density at radius 2 is 1.73 bits per heavy atom. The Balaban J connectivity index is 4.51. The molecule has 0 aliphatic carbocycles. The molecule has 0 aliphatic heterocycles. The number of rotatable bonds is 9. The van der Waals surface area contributed by atoms with Crippen molar-refractivity contribution in [2.24, 2.45) is 5.92 Å². The Morgan fingerprint density at radius 1 is 1.20 bits per heavy atom. The molecule has 0 rings (SSSR count). The molecule has 0 heterocycles. The summed E-state index contributed by atoms with van der Waals surface area (Å²) in [5.41, 5.74) is -0.618. The van der Waals surface area contributed by atoms with Crippen molar-refractivity contribution in [1.29, 1.82) is 0 Å². The summed E-state index contributed by atoms with van der Waals surface area (Å²) in [5, 5.41) is 10.6. The molecule has 1 N–H and O–H groups in total. The van der Waals surface area contributed by atoms with Crippen molar-refractivity contribution in [2.75, 3.05) is 0 Å². The van der Waals surface area contributed by atoms with Crippen LogP contribution >= 0.6 is 0 Å². The van der Waals surface area contributed by atoms with E-state index < -0.39 is 5.60 Å². The maximum absolute atomic E-state index is 10.6. The number of unbranched alkanes of at least 4 members (excludes halogenated alkanes) is 1. The number of hydrogen-bond acceptors (Lipinski definition) is 1. The maximum atomic E-state index is 10.6. The molecule has 0 aromatic heterocycles. The lowest BCUT2D eigenvalue weighted by Gasteiger charge is -2.34. The molecule has 0 aliphatic rings. The van der Waals surface area contributed by atoms with E-state index in [1.807, 2.05) is 12.2 Å².